The SMILES string of the molecule is CNCCc1nnc(-c2cc(C)c(Br)s2)o1. The molecule has 4 nitrogen and oxygen atoms in total. The van der Waals surface area contributed by atoms with E-state index in [0.717, 1.165) is 21.6 Å². The Balaban J connectivity index is 2.18. The maximum Gasteiger partial charge on any atom is 0.257 e. The molecule has 0 aliphatic rings. The van der Waals surface area contributed by atoms with Gasteiger partial charge in [0.05, 0.1) is 8.66 Å². The van der Waals surface area contributed by atoms with Crippen LogP contribution in [0.25, 0.3) is 10.8 Å². The van der Waals surface area contributed by atoms with Crippen LogP contribution < -0.4 is 5.32 Å². The molecule has 0 bridgehead atoms. The number of likely N-dealkylation sites (N-methyl/N-ethyl adjacent to an activating group) is 1. The lowest BCUT2D eigenvalue weighted by atomic mass is 10.3. The average Bonchev–Trinajstić information content (AvgIpc) is 2.84. The standard InChI is InChI=1S/C10H12BrN3OS/c1-6-5-7(16-9(6)11)10-14-13-8(15-10)3-4-12-2/h5,12H,3-4H2,1-2H3. The van der Waals surface area contributed by atoms with Gasteiger partial charge in [-0.1, -0.05) is 0 Å². The predicted octanol–water partition coefficient (Wildman–Crippen LogP) is 2.63. The molecule has 2 heterocycles. The summed E-state index contributed by atoms with van der Waals surface area (Å²) < 4.78 is 6.68. The molecule has 0 saturated heterocycles. The van der Waals surface area contributed by atoms with Gasteiger partial charge in [0.2, 0.25) is 5.89 Å². The molecule has 0 spiro atoms. The molecule has 0 saturated carbocycles. The van der Waals surface area contributed by atoms with E-state index in [9.17, 15) is 0 Å². The molecule has 2 rings (SSSR count). The molecule has 0 unspecified atom stereocenters. The minimum Gasteiger partial charge on any atom is -0.420 e. The molecule has 0 aliphatic carbocycles. The highest BCUT2D eigenvalue weighted by molar-refractivity contribution is 9.11. The first kappa shape index (κ1) is 11.8. The minimum absolute atomic E-state index is 0.602. The quantitative estimate of drug-likeness (QED) is 0.943. The van der Waals surface area contributed by atoms with E-state index in [0.29, 0.717) is 11.8 Å². The van der Waals surface area contributed by atoms with Crippen molar-refractivity contribution in [1.82, 2.24) is 15.5 Å². The summed E-state index contributed by atoms with van der Waals surface area (Å²) in [4.78, 5) is 1.01. The van der Waals surface area contributed by atoms with Gasteiger partial charge in [-0.25, -0.2) is 0 Å². The number of hydrogen-bond donors (Lipinski definition) is 1. The topological polar surface area (TPSA) is 51.0 Å². The number of hydrogen-bond acceptors (Lipinski definition) is 5. The highest BCUT2D eigenvalue weighted by Crippen LogP contribution is 2.33. The maximum atomic E-state index is 5.57. The molecule has 0 radical (unpaired) electrons. The first-order valence-electron chi connectivity index (χ1n) is 4.94. The van der Waals surface area contributed by atoms with E-state index >= 15 is 0 Å². The number of rotatable bonds is 4. The lowest BCUT2D eigenvalue weighted by Gasteiger charge is -1.91. The van der Waals surface area contributed by atoms with Crippen LogP contribution in [0, 0.1) is 6.92 Å². The minimum atomic E-state index is 0.602. The van der Waals surface area contributed by atoms with E-state index in [1.807, 2.05) is 20.0 Å². The number of nitrogens with one attached hydrogen (secondary N) is 1. The van der Waals surface area contributed by atoms with Crippen molar-refractivity contribution < 1.29 is 4.42 Å². The molecule has 6 heteroatoms. The Kier molecular flexibility index (Phi) is 3.73. The van der Waals surface area contributed by atoms with Gasteiger partial charge in [-0.05, 0) is 41.5 Å². The number of thiophene rings is 1. The third-order valence-electron chi connectivity index (χ3n) is 2.12. The fourth-order valence-electron chi connectivity index (χ4n) is 1.25. The van der Waals surface area contributed by atoms with Crippen LogP contribution in [0.3, 0.4) is 0 Å². The highest BCUT2D eigenvalue weighted by Gasteiger charge is 2.12. The molecule has 0 aromatic carbocycles. The highest BCUT2D eigenvalue weighted by atomic mass is 79.9. The van der Waals surface area contributed by atoms with E-state index < -0.39 is 0 Å². The summed E-state index contributed by atoms with van der Waals surface area (Å²) in [6, 6.07) is 2.05. The van der Waals surface area contributed by atoms with Crippen molar-refractivity contribution in [1.29, 1.82) is 0 Å². The third-order valence-corrected chi connectivity index (χ3v) is 4.25. The summed E-state index contributed by atoms with van der Waals surface area (Å²) in [5, 5.41) is 11.1. The van der Waals surface area contributed by atoms with Crippen LogP contribution in [0.4, 0.5) is 0 Å². The van der Waals surface area contributed by atoms with E-state index in [1.54, 1.807) is 11.3 Å². The molecule has 2 aromatic rings. The number of aryl methyl sites for hydroxylation is 1. The van der Waals surface area contributed by atoms with E-state index in [2.05, 4.69) is 31.4 Å². The number of halogens is 1. The Morgan fingerprint density at radius 2 is 2.31 bits per heavy atom. The monoisotopic (exact) mass is 301 g/mol. The molecule has 1 N–H and O–H groups in total. The molecular formula is C10H12BrN3OS. The van der Waals surface area contributed by atoms with Crippen molar-refractivity contribution in [2.75, 3.05) is 13.6 Å². The van der Waals surface area contributed by atoms with Crippen LogP contribution in [-0.4, -0.2) is 23.8 Å². The second kappa shape index (κ2) is 5.07. The Morgan fingerprint density at radius 3 is 2.94 bits per heavy atom. The van der Waals surface area contributed by atoms with Gasteiger partial charge in [0.1, 0.15) is 0 Å². The van der Waals surface area contributed by atoms with Gasteiger partial charge in [0.25, 0.3) is 5.89 Å². The molecule has 0 fully saturated rings. The Hall–Kier alpha value is -0.720. The second-order valence-electron chi connectivity index (χ2n) is 3.42. The van der Waals surface area contributed by atoms with Crippen LogP contribution in [-0.2, 0) is 6.42 Å². The average molecular weight is 302 g/mol. The van der Waals surface area contributed by atoms with Crippen molar-refractivity contribution in [3.63, 3.8) is 0 Å². The molecule has 0 atom stereocenters. The number of aromatic nitrogens is 2. The van der Waals surface area contributed by atoms with E-state index in [4.69, 9.17) is 4.42 Å². The molecule has 86 valence electrons. The first-order valence-corrected chi connectivity index (χ1v) is 6.55. The van der Waals surface area contributed by atoms with Crippen LogP contribution in [0.5, 0.6) is 0 Å². The molecule has 16 heavy (non-hydrogen) atoms. The smallest absolute Gasteiger partial charge is 0.257 e. The first-order chi connectivity index (χ1) is 7.70. The van der Waals surface area contributed by atoms with Crippen molar-refractivity contribution in [2.45, 2.75) is 13.3 Å². The Bertz CT molecular complexity index is 461. The zero-order valence-electron chi connectivity index (χ0n) is 9.08. The van der Waals surface area contributed by atoms with Gasteiger partial charge in [-0.2, -0.15) is 0 Å². The lowest BCUT2D eigenvalue weighted by molar-refractivity contribution is 0.501. The van der Waals surface area contributed by atoms with Gasteiger partial charge in [0.15, 0.2) is 0 Å². The fraction of sp³-hybridized carbons (Fsp3) is 0.400. The largest absolute Gasteiger partial charge is 0.420 e. The van der Waals surface area contributed by atoms with Crippen LogP contribution in [0.15, 0.2) is 14.3 Å². The van der Waals surface area contributed by atoms with Gasteiger partial charge in [0, 0.05) is 13.0 Å². The van der Waals surface area contributed by atoms with Crippen LogP contribution in [0.1, 0.15) is 11.5 Å². The van der Waals surface area contributed by atoms with Gasteiger partial charge in [-0.3, -0.25) is 0 Å². The van der Waals surface area contributed by atoms with Crippen molar-refractivity contribution >= 4 is 27.3 Å². The molecular weight excluding hydrogens is 290 g/mol. The Labute approximate surface area is 106 Å². The molecule has 2 aromatic heterocycles. The molecule has 0 aliphatic heterocycles. The summed E-state index contributed by atoms with van der Waals surface area (Å²) in [6.07, 6.45) is 0.759. The zero-order chi connectivity index (χ0) is 11.5. The zero-order valence-corrected chi connectivity index (χ0v) is 11.5. The number of nitrogens with zero attached hydrogens (tertiary/aromatic N) is 2. The maximum absolute atomic E-state index is 5.57. The van der Waals surface area contributed by atoms with E-state index in [-0.39, 0.29) is 0 Å². The van der Waals surface area contributed by atoms with Gasteiger partial charge in [-0.15, -0.1) is 21.5 Å². The van der Waals surface area contributed by atoms with Crippen molar-refractivity contribution in [2.24, 2.45) is 0 Å². The third kappa shape index (κ3) is 2.50. The van der Waals surface area contributed by atoms with Gasteiger partial charge >= 0.3 is 0 Å². The van der Waals surface area contributed by atoms with Gasteiger partial charge < -0.3 is 9.73 Å². The van der Waals surface area contributed by atoms with Crippen LogP contribution >= 0.6 is 27.3 Å². The second-order valence-corrected chi connectivity index (χ2v) is 5.79. The summed E-state index contributed by atoms with van der Waals surface area (Å²) in [5.74, 6) is 1.27. The summed E-state index contributed by atoms with van der Waals surface area (Å²) in [7, 11) is 1.90. The Morgan fingerprint density at radius 1 is 1.50 bits per heavy atom. The summed E-state index contributed by atoms with van der Waals surface area (Å²) >= 11 is 5.09. The summed E-state index contributed by atoms with van der Waals surface area (Å²) in [6.45, 7) is 2.89. The van der Waals surface area contributed by atoms with Crippen LogP contribution in [0.2, 0.25) is 0 Å². The van der Waals surface area contributed by atoms with Crippen molar-refractivity contribution in [3.05, 3.63) is 21.3 Å². The fourth-order valence-corrected chi connectivity index (χ4v) is 2.71. The predicted molar refractivity (Wildman–Crippen MR) is 67.7 cm³/mol. The van der Waals surface area contributed by atoms with Crippen molar-refractivity contribution in [3.8, 4) is 10.8 Å². The lowest BCUT2D eigenvalue weighted by Crippen LogP contribution is -2.10. The normalized spacial score (nSPS) is 10.9. The summed E-state index contributed by atoms with van der Waals surface area (Å²) in [5.41, 5.74) is 1.19. The van der Waals surface area contributed by atoms with E-state index in [1.165, 1.54) is 5.56 Å². The molecule has 0 amide bonds.